The molecule has 2 aromatic carbocycles. The quantitative estimate of drug-likeness (QED) is 0.692. The SMILES string of the molecule is COc1ccc(C(OCC(F)(F)F)c2nc3cc(F)ccc3[nH]2)cc1. The number of nitrogens with one attached hydrogen (secondary N) is 1. The summed E-state index contributed by atoms with van der Waals surface area (Å²) in [6, 6.07) is 10.3. The van der Waals surface area contributed by atoms with Crippen molar-refractivity contribution in [3.63, 3.8) is 0 Å². The van der Waals surface area contributed by atoms with Gasteiger partial charge in [0.25, 0.3) is 0 Å². The molecule has 0 amide bonds. The van der Waals surface area contributed by atoms with Crippen molar-refractivity contribution in [3.8, 4) is 5.75 Å². The molecule has 1 aromatic heterocycles. The van der Waals surface area contributed by atoms with Crippen LogP contribution in [0.3, 0.4) is 0 Å². The molecule has 8 heteroatoms. The van der Waals surface area contributed by atoms with Gasteiger partial charge in [-0.1, -0.05) is 12.1 Å². The van der Waals surface area contributed by atoms with E-state index in [9.17, 15) is 17.6 Å². The Balaban J connectivity index is 1.98. The lowest BCUT2D eigenvalue weighted by atomic mass is 10.1. The highest BCUT2D eigenvalue weighted by atomic mass is 19.4. The molecule has 1 unspecified atom stereocenters. The van der Waals surface area contributed by atoms with Gasteiger partial charge in [-0.15, -0.1) is 0 Å². The molecule has 0 aliphatic carbocycles. The fraction of sp³-hybridized carbons (Fsp3) is 0.235. The third kappa shape index (κ3) is 4.08. The minimum Gasteiger partial charge on any atom is -0.497 e. The molecule has 0 fully saturated rings. The first-order valence-electron chi connectivity index (χ1n) is 7.33. The van der Waals surface area contributed by atoms with Crippen LogP contribution in [0.2, 0.25) is 0 Å². The van der Waals surface area contributed by atoms with E-state index in [0.717, 1.165) is 0 Å². The fourth-order valence-electron chi connectivity index (χ4n) is 2.41. The first kappa shape index (κ1) is 17.2. The van der Waals surface area contributed by atoms with E-state index >= 15 is 0 Å². The van der Waals surface area contributed by atoms with Gasteiger partial charge < -0.3 is 14.5 Å². The molecule has 0 aliphatic rings. The molecule has 1 N–H and O–H groups in total. The number of halogens is 4. The van der Waals surface area contributed by atoms with Gasteiger partial charge >= 0.3 is 6.18 Å². The van der Waals surface area contributed by atoms with Crippen LogP contribution in [-0.4, -0.2) is 29.9 Å². The second kappa shape index (κ2) is 6.72. The van der Waals surface area contributed by atoms with Gasteiger partial charge in [0.05, 0.1) is 18.1 Å². The Morgan fingerprint density at radius 1 is 1.12 bits per heavy atom. The van der Waals surface area contributed by atoms with Crippen LogP contribution in [0.4, 0.5) is 17.6 Å². The molecule has 0 radical (unpaired) electrons. The number of hydrogen-bond acceptors (Lipinski definition) is 3. The summed E-state index contributed by atoms with van der Waals surface area (Å²) in [7, 11) is 1.49. The van der Waals surface area contributed by atoms with Crippen LogP contribution in [0.25, 0.3) is 11.0 Å². The molecule has 132 valence electrons. The van der Waals surface area contributed by atoms with Crippen molar-refractivity contribution in [2.45, 2.75) is 12.3 Å². The van der Waals surface area contributed by atoms with Gasteiger partial charge in [0.2, 0.25) is 0 Å². The molecular weight excluding hydrogens is 340 g/mol. The third-order valence-corrected chi connectivity index (χ3v) is 3.54. The Labute approximate surface area is 140 Å². The summed E-state index contributed by atoms with van der Waals surface area (Å²) in [5.74, 6) is 0.239. The lowest BCUT2D eigenvalue weighted by Crippen LogP contribution is -2.20. The second-order valence-corrected chi connectivity index (χ2v) is 5.36. The summed E-state index contributed by atoms with van der Waals surface area (Å²) in [5.41, 5.74) is 1.28. The third-order valence-electron chi connectivity index (χ3n) is 3.54. The van der Waals surface area contributed by atoms with Gasteiger partial charge in [-0.25, -0.2) is 9.37 Å². The van der Waals surface area contributed by atoms with Crippen molar-refractivity contribution < 1.29 is 27.0 Å². The smallest absolute Gasteiger partial charge is 0.411 e. The molecule has 0 spiro atoms. The molecule has 3 rings (SSSR count). The van der Waals surface area contributed by atoms with E-state index in [1.165, 1.54) is 25.3 Å². The van der Waals surface area contributed by atoms with E-state index in [1.807, 2.05) is 0 Å². The molecule has 0 saturated heterocycles. The van der Waals surface area contributed by atoms with Crippen LogP contribution in [-0.2, 0) is 4.74 Å². The van der Waals surface area contributed by atoms with Crippen LogP contribution >= 0.6 is 0 Å². The van der Waals surface area contributed by atoms with Gasteiger partial charge in [-0.3, -0.25) is 0 Å². The normalized spacial score (nSPS) is 13.2. The zero-order chi connectivity index (χ0) is 18.0. The number of aromatic amines is 1. The maximum atomic E-state index is 13.3. The first-order valence-corrected chi connectivity index (χ1v) is 7.33. The number of alkyl halides is 3. The van der Waals surface area contributed by atoms with Crippen LogP contribution in [0.5, 0.6) is 5.75 Å². The highest BCUT2D eigenvalue weighted by molar-refractivity contribution is 5.75. The average molecular weight is 354 g/mol. The zero-order valence-electron chi connectivity index (χ0n) is 13.1. The molecule has 4 nitrogen and oxygen atoms in total. The van der Waals surface area contributed by atoms with Crippen molar-refractivity contribution in [2.75, 3.05) is 13.7 Å². The summed E-state index contributed by atoms with van der Waals surface area (Å²) in [4.78, 5) is 7.06. The summed E-state index contributed by atoms with van der Waals surface area (Å²) >= 11 is 0. The van der Waals surface area contributed by atoms with Crippen molar-refractivity contribution >= 4 is 11.0 Å². The maximum absolute atomic E-state index is 13.3. The fourth-order valence-corrected chi connectivity index (χ4v) is 2.41. The topological polar surface area (TPSA) is 47.1 Å². The van der Waals surface area contributed by atoms with Crippen molar-refractivity contribution in [2.24, 2.45) is 0 Å². The predicted octanol–water partition coefficient (Wildman–Crippen LogP) is 4.38. The van der Waals surface area contributed by atoms with E-state index in [0.29, 0.717) is 22.3 Å². The predicted molar refractivity (Wildman–Crippen MR) is 82.9 cm³/mol. The maximum Gasteiger partial charge on any atom is 0.411 e. The van der Waals surface area contributed by atoms with Crippen molar-refractivity contribution in [3.05, 3.63) is 59.7 Å². The average Bonchev–Trinajstić information content (AvgIpc) is 2.97. The summed E-state index contributed by atoms with van der Waals surface area (Å²) in [6.07, 6.45) is -5.56. The van der Waals surface area contributed by atoms with Crippen molar-refractivity contribution in [1.29, 1.82) is 0 Å². The standard InChI is InChI=1S/C17H14F4N2O2/c1-24-12-5-2-10(3-6-12)15(25-9-17(19,20)21)16-22-13-7-4-11(18)8-14(13)23-16/h2-8,15H,9H2,1H3,(H,22,23). The number of fused-ring (bicyclic) bond motifs is 1. The first-order chi connectivity index (χ1) is 11.9. The van der Waals surface area contributed by atoms with Crippen LogP contribution in [0, 0.1) is 5.82 Å². The minimum atomic E-state index is -4.48. The van der Waals surface area contributed by atoms with E-state index in [2.05, 4.69) is 9.97 Å². The molecule has 1 heterocycles. The van der Waals surface area contributed by atoms with Crippen LogP contribution < -0.4 is 4.74 Å². The van der Waals surface area contributed by atoms with E-state index in [1.54, 1.807) is 24.3 Å². The summed E-state index contributed by atoms with van der Waals surface area (Å²) in [5, 5.41) is 0. The lowest BCUT2D eigenvalue weighted by Gasteiger charge is -2.18. The van der Waals surface area contributed by atoms with Gasteiger partial charge in [0, 0.05) is 6.07 Å². The molecule has 1 atom stereocenters. The number of methoxy groups -OCH3 is 1. The highest BCUT2D eigenvalue weighted by Crippen LogP contribution is 2.29. The van der Waals surface area contributed by atoms with Crippen molar-refractivity contribution in [1.82, 2.24) is 9.97 Å². The Kier molecular flexibility index (Phi) is 4.63. The Bertz CT molecular complexity index is 859. The number of nitrogens with zero attached hydrogens (tertiary/aromatic N) is 1. The number of ether oxygens (including phenoxy) is 2. The molecule has 0 aliphatic heterocycles. The Morgan fingerprint density at radius 2 is 1.84 bits per heavy atom. The molecule has 25 heavy (non-hydrogen) atoms. The molecule has 0 bridgehead atoms. The minimum absolute atomic E-state index is 0.162. The van der Waals surface area contributed by atoms with E-state index < -0.39 is 24.7 Å². The summed E-state index contributed by atoms with van der Waals surface area (Å²) in [6.45, 7) is -1.44. The Morgan fingerprint density at radius 3 is 2.48 bits per heavy atom. The van der Waals surface area contributed by atoms with Gasteiger partial charge in [0.1, 0.15) is 30.1 Å². The van der Waals surface area contributed by atoms with Gasteiger partial charge in [-0.2, -0.15) is 13.2 Å². The number of imidazole rings is 1. The number of aromatic nitrogens is 2. The largest absolute Gasteiger partial charge is 0.497 e. The number of benzene rings is 2. The number of H-pyrrole nitrogens is 1. The highest BCUT2D eigenvalue weighted by Gasteiger charge is 2.31. The number of hydrogen-bond donors (Lipinski definition) is 1. The molecule has 0 saturated carbocycles. The monoisotopic (exact) mass is 354 g/mol. The van der Waals surface area contributed by atoms with Crippen LogP contribution in [0.1, 0.15) is 17.5 Å². The van der Waals surface area contributed by atoms with Crippen LogP contribution in [0.15, 0.2) is 42.5 Å². The zero-order valence-corrected chi connectivity index (χ0v) is 13.1. The van der Waals surface area contributed by atoms with E-state index in [-0.39, 0.29) is 5.82 Å². The lowest BCUT2D eigenvalue weighted by molar-refractivity contribution is -0.182. The van der Waals surface area contributed by atoms with Gasteiger partial charge in [0.15, 0.2) is 0 Å². The second-order valence-electron chi connectivity index (χ2n) is 5.36. The van der Waals surface area contributed by atoms with Gasteiger partial charge in [-0.05, 0) is 29.8 Å². The number of rotatable bonds is 5. The Hall–Kier alpha value is -2.61. The van der Waals surface area contributed by atoms with E-state index in [4.69, 9.17) is 9.47 Å². The summed E-state index contributed by atoms with van der Waals surface area (Å²) < 4.78 is 61.2. The molecule has 3 aromatic rings. The molecular formula is C17H14F4N2O2.